The van der Waals surface area contributed by atoms with Crippen molar-refractivity contribution in [3.63, 3.8) is 0 Å². The second-order valence-electron chi connectivity index (χ2n) is 3.49. The lowest BCUT2D eigenvalue weighted by Crippen LogP contribution is -2.01. The van der Waals surface area contributed by atoms with E-state index in [0.29, 0.717) is 12.4 Å². The van der Waals surface area contributed by atoms with Crippen molar-refractivity contribution in [3.05, 3.63) is 46.7 Å². The van der Waals surface area contributed by atoms with Crippen LogP contribution >= 0.6 is 15.9 Å². The Morgan fingerprint density at radius 3 is 2.75 bits per heavy atom. The summed E-state index contributed by atoms with van der Waals surface area (Å²) in [5.41, 5.74) is 1.07. The Hall–Kier alpha value is -1.42. The second kappa shape index (κ2) is 4.61. The quantitative estimate of drug-likeness (QED) is 0.938. The average molecular weight is 282 g/mol. The van der Waals surface area contributed by atoms with Crippen molar-refractivity contribution in [1.82, 2.24) is 4.57 Å². The summed E-state index contributed by atoms with van der Waals surface area (Å²) in [6.07, 6.45) is 0. The first-order chi connectivity index (χ1) is 7.66. The Morgan fingerprint density at radius 1 is 1.31 bits per heavy atom. The summed E-state index contributed by atoms with van der Waals surface area (Å²) in [5, 5.41) is 9.28. The molecule has 0 amide bonds. The van der Waals surface area contributed by atoms with Gasteiger partial charge in [-0.1, -0.05) is 6.07 Å². The molecule has 2 aromatic rings. The number of aromatic nitrogens is 1. The smallest absolute Gasteiger partial charge is 0.128 e. The van der Waals surface area contributed by atoms with E-state index in [-0.39, 0.29) is 5.75 Å². The van der Waals surface area contributed by atoms with Crippen LogP contribution in [0.25, 0.3) is 0 Å². The van der Waals surface area contributed by atoms with Crippen molar-refractivity contribution in [2.45, 2.75) is 6.61 Å². The predicted molar refractivity (Wildman–Crippen MR) is 65.6 cm³/mol. The second-order valence-corrected chi connectivity index (χ2v) is 4.30. The first-order valence-electron chi connectivity index (χ1n) is 4.89. The highest BCUT2D eigenvalue weighted by Gasteiger charge is 2.03. The molecule has 0 saturated heterocycles. The minimum Gasteiger partial charge on any atom is -0.508 e. The molecule has 0 atom stereocenters. The van der Waals surface area contributed by atoms with Crippen molar-refractivity contribution in [2.75, 3.05) is 0 Å². The molecule has 1 heterocycles. The fraction of sp³-hybridized carbons (Fsp3) is 0.167. The minimum absolute atomic E-state index is 0.213. The molecule has 4 heteroatoms. The van der Waals surface area contributed by atoms with Gasteiger partial charge >= 0.3 is 0 Å². The Balaban J connectivity index is 2.05. The zero-order valence-corrected chi connectivity index (χ0v) is 10.4. The molecule has 0 spiro atoms. The zero-order chi connectivity index (χ0) is 11.5. The molecule has 2 rings (SSSR count). The molecule has 1 N–H and O–H groups in total. The third-order valence-corrected chi connectivity index (χ3v) is 3.17. The Kier molecular flexibility index (Phi) is 3.19. The molecule has 0 saturated carbocycles. The van der Waals surface area contributed by atoms with Gasteiger partial charge in [0.15, 0.2) is 0 Å². The Morgan fingerprint density at radius 2 is 2.12 bits per heavy atom. The largest absolute Gasteiger partial charge is 0.508 e. The number of aromatic hydroxyl groups is 1. The van der Waals surface area contributed by atoms with E-state index >= 15 is 0 Å². The fourth-order valence-corrected chi connectivity index (χ4v) is 1.76. The van der Waals surface area contributed by atoms with Gasteiger partial charge in [-0.25, -0.2) is 0 Å². The Bertz CT molecular complexity index is 494. The normalized spacial score (nSPS) is 10.4. The molecule has 3 nitrogen and oxygen atoms in total. The summed E-state index contributed by atoms with van der Waals surface area (Å²) in [6, 6.07) is 10.8. The summed E-state index contributed by atoms with van der Waals surface area (Å²) in [5.74, 6) is 0.878. The molecule has 0 aliphatic heterocycles. The van der Waals surface area contributed by atoms with Gasteiger partial charge in [0.2, 0.25) is 0 Å². The molecule has 0 aliphatic carbocycles. The van der Waals surface area contributed by atoms with Crippen LogP contribution in [0.5, 0.6) is 11.5 Å². The first kappa shape index (κ1) is 11.1. The fourth-order valence-electron chi connectivity index (χ4n) is 1.40. The van der Waals surface area contributed by atoms with Crippen LogP contribution in [0.2, 0.25) is 0 Å². The number of hydrogen-bond acceptors (Lipinski definition) is 2. The molecule has 1 aromatic carbocycles. The minimum atomic E-state index is 0.213. The molecule has 1 aromatic heterocycles. The molecule has 0 unspecified atom stereocenters. The predicted octanol–water partition coefficient (Wildman–Crippen LogP) is 3.07. The van der Waals surface area contributed by atoms with Crippen LogP contribution in [-0.2, 0) is 13.7 Å². The van der Waals surface area contributed by atoms with Gasteiger partial charge in [0.1, 0.15) is 18.1 Å². The van der Waals surface area contributed by atoms with Crippen LogP contribution in [0.15, 0.2) is 41.0 Å². The lowest BCUT2D eigenvalue weighted by Gasteiger charge is -2.07. The standard InChI is InChI=1S/C12H12BrNO2/c1-14-9(5-6-12(14)13)8-16-11-4-2-3-10(15)7-11/h2-7,15H,8H2,1H3. The number of halogens is 1. The van der Waals surface area contributed by atoms with Crippen molar-refractivity contribution in [1.29, 1.82) is 0 Å². The summed E-state index contributed by atoms with van der Waals surface area (Å²) in [6.45, 7) is 0.478. The molecule has 16 heavy (non-hydrogen) atoms. The number of phenolic OH excluding ortho intramolecular Hbond substituents is 1. The lowest BCUT2D eigenvalue weighted by molar-refractivity contribution is 0.295. The average Bonchev–Trinajstić information content (AvgIpc) is 2.57. The van der Waals surface area contributed by atoms with Gasteiger partial charge in [-0.05, 0) is 40.2 Å². The zero-order valence-electron chi connectivity index (χ0n) is 8.85. The monoisotopic (exact) mass is 281 g/mol. The molecular weight excluding hydrogens is 270 g/mol. The maximum atomic E-state index is 9.28. The van der Waals surface area contributed by atoms with Gasteiger partial charge in [-0.3, -0.25) is 0 Å². The topological polar surface area (TPSA) is 34.4 Å². The number of ether oxygens (including phenoxy) is 1. The van der Waals surface area contributed by atoms with Crippen molar-refractivity contribution in [2.24, 2.45) is 7.05 Å². The highest BCUT2D eigenvalue weighted by atomic mass is 79.9. The summed E-state index contributed by atoms with van der Waals surface area (Å²) < 4.78 is 8.58. The van der Waals surface area contributed by atoms with Crippen molar-refractivity contribution < 1.29 is 9.84 Å². The summed E-state index contributed by atoms with van der Waals surface area (Å²) in [4.78, 5) is 0. The van der Waals surface area contributed by atoms with Crippen LogP contribution in [-0.4, -0.2) is 9.67 Å². The number of nitrogens with zero attached hydrogens (tertiary/aromatic N) is 1. The van der Waals surface area contributed by atoms with Crippen molar-refractivity contribution in [3.8, 4) is 11.5 Å². The number of phenols is 1. The molecule has 0 fully saturated rings. The van der Waals surface area contributed by atoms with E-state index in [0.717, 1.165) is 10.3 Å². The van der Waals surface area contributed by atoms with E-state index in [1.807, 2.05) is 29.8 Å². The van der Waals surface area contributed by atoms with Gasteiger partial charge in [-0.15, -0.1) is 0 Å². The van der Waals surface area contributed by atoms with E-state index in [2.05, 4.69) is 15.9 Å². The Labute approximate surface area is 102 Å². The van der Waals surface area contributed by atoms with E-state index in [1.165, 1.54) is 0 Å². The molecule has 0 aliphatic rings. The summed E-state index contributed by atoms with van der Waals surface area (Å²) >= 11 is 3.42. The van der Waals surface area contributed by atoms with Crippen LogP contribution in [0.1, 0.15) is 5.69 Å². The molecular formula is C12H12BrNO2. The highest BCUT2D eigenvalue weighted by molar-refractivity contribution is 9.10. The van der Waals surface area contributed by atoms with Crippen LogP contribution in [0.4, 0.5) is 0 Å². The van der Waals surface area contributed by atoms with E-state index < -0.39 is 0 Å². The third kappa shape index (κ3) is 2.39. The van der Waals surface area contributed by atoms with Crippen LogP contribution < -0.4 is 4.74 Å². The SMILES string of the molecule is Cn1c(Br)ccc1COc1cccc(O)c1. The maximum absolute atomic E-state index is 9.28. The van der Waals surface area contributed by atoms with Gasteiger partial charge in [0.25, 0.3) is 0 Å². The maximum Gasteiger partial charge on any atom is 0.128 e. The van der Waals surface area contributed by atoms with E-state index in [4.69, 9.17) is 4.74 Å². The molecule has 0 radical (unpaired) electrons. The van der Waals surface area contributed by atoms with Gasteiger partial charge in [0, 0.05) is 13.1 Å². The number of hydrogen-bond donors (Lipinski definition) is 1. The van der Waals surface area contributed by atoms with Gasteiger partial charge < -0.3 is 14.4 Å². The van der Waals surface area contributed by atoms with Gasteiger partial charge in [0.05, 0.1) is 10.3 Å². The van der Waals surface area contributed by atoms with Crippen LogP contribution in [0, 0.1) is 0 Å². The number of rotatable bonds is 3. The molecule has 0 bridgehead atoms. The van der Waals surface area contributed by atoms with E-state index in [1.54, 1.807) is 18.2 Å². The van der Waals surface area contributed by atoms with Gasteiger partial charge in [-0.2, -0.15) is 0 Å². The highest BCUT2D eigenvalue weighted by Crippen LogP contribution is 2.20. The van der Waals surface area contributed by atoms with E-state index in [9.17, 15) is 5.11 Å². The lowest BCUT2D eigenvalue weighted by atomic mass is 10.3. The third-order valence-electron chi connectivity index (χ3n) is 2.37. The van der Waals surface area contributed by atoms with Crippen molar-refractivity contribution >= 4 is 15.9 Å². The number of benzene rings is 1. The molecule has 84 valence electrons. The first-order valence-corrected chi connectivity index (χ1v) is 5.68. The summed E-state index contributed by atoms with van der Waals surface area (Å²) in [7, 11) is 1.96. The van der Waals surface area contributed by atoms with Crippen LogP contribution in [0.3, 0.4) is 0 Å².